The van der Waals surface area contributed by atoms with Gasteiger partial charge in [-0.05, 0) is 59.4 Å². The second kappa shape index (κ2) is 9.18. The van der Waals surface area contributed by atoms with Gasteiger partial charge in [-0.3, -0.25) is 19.5 Å². The third-order valence-electron chi connectivity index (χ3n) is 6.63. The summed E-state index contributed by atoms with van der Waals surface area (Å²) in [7, 11) is 0. The molecule has 0 radical (unpaired) electrons. The van der Waals surface area contributed by atoms with E-state index >= 15 is 0 Å². The number of carboxylic acids is 1. The van der Waals surface area contributed by atoms with Gasteiger partial charge in [0.15, 0.2) is 5.13 Å². The minimum atomic E-state index is -1.08. The summed E-state index contributed by atoms with van der Waals surface area (Å²) in [6.07, 6.45) is 3.13. The maximum Gasteiger partial charge on any atom is 0.335 e. The van der Waals surface area contributed by atoms with Crippen molar-refractivity contribution in [2.45, 2.75) is 39.2 Å². The smallest absolute Gasteiger partial charge is 0.335 e. The number of ketones is 1. The molecule has 1 saturated heterocycles. The Morgan fingerprint density at radius 3 is 2.47 bits per heavy atom. The van der Waals surface area contributed by atoms with Crippen LogP contribution in [0.15, 0.2) is 66.5 Å². The predicted molar refractivity (Wildman–Crippen MR) is 145 cm³/mol. The molecule has 0 saturated carbocycles. The number of aromatic carboxylic acids is 1. The molecular formula is C29H25N3O5S. The van der Waals surface area contributed by atoms with E-state index in [-0.39, 0.29) is 27.4 Å². The van der Waals surface area contributed by atoms with Gasteiger partial charge in [0.25, 0.3) is 5.78 Å². The van der Waals surface area contributed by atoms with Crippen LogP contribution in [-0.4, -0.2) is 37.8 Å². The van der Waals surface area contributed by atoms with Crippen LogP contribution in [-0.2, 0) is 15.0 Å². The van der Waals surface area contributed by atoms with Gasteiger partial charge >= 0.3 is 11.9 Å². The first kappa shape index (κ1) is 25.3. The number of carboxylic acid groups (broad SMARTS) is 1. The molecule has 0 spiro atoms. The summed E-state index contributed by atoms with van der Waals surface area (Å²) >= 11 is 1.10. The Bertz CT molecular complexity index is 1650. The number of hydrogen-bond donors (Lipinski definition) is 2. The van der Waals surface area contributed by atoms with Gasteiger partial charge < -0.3 is 10.2 Å². The van der Waals surface area contributed by atoms with Crippen LogP contribution in [0.1, 0.15) is 59.4 Å². The largest absolute Gasteiger partial charge is 0.507 e. The Morgan fingerprint density at radius 2 is 1.82 bits per heavy atom. The number of fused-ring (bicyclic) bond motifs is 1. The molecule has 1 amide bonds. The predicted octanol–water partition coefficient (Wildman–Crippen LogP) is 5.62. The molecule has 1 unspecified atom stereocenters. The average Bonchev–Trinajstić information content (AvgIpc) is 3.41. The van der Waals surface area contributed by atoms with Gasteiger partial charge in [-0.25, -0.2) is 9.78 Å². The first-order valence-electron chi connectivity index (χ1n) is 11.9. The van der Waals surface area contributed by atoms with Gasteiger partial charge in [-0.2, -0.15) is 0 Å². The fourth-order valence-corrected chi connectivity index (χ4v) is 5.55. The number of nitrogens with zero attached hydrogens (tertiary/aromatic N) is 3. The number of hydrogen-bond acceptors (Lipinski definition) is 7. The highest BCUT2D eigenvalue weighted by atomic mass is 32.1. The fraction of sp³-hybridized carbons (Fsp3) is 0.207. The number of anilines is 1. The molecule has 0 bridgehead atoms. The molecule has 1 fully saturated rings. The number of aromatic nitrogens is 2. The third kappa shape index (κ3) is 4.24. The molecule has 9 heteroatoms. The van der Waals surface area contributed by atoms with Crippen LogP contribution < -0.4 is 4.90 Å². The molecular weight excluding hydrogens is 502 g/mol. The van der Waals surface area contributed by atoms with Crippen LogP contribution in [0.5, 0.6) is 0 Å². The Balaban J connectivity index is 1.73. The van der Waals surface area contributed by atoms with Gasteiger partial charge in [-0.15, -0.1) is 0 Å². The van der Waals surface area contributed by atoms with Gasteiger partial charge in [0.1, 0.15) is 5.76 Å². The zero-order valence-corrected chi connectivity index (χ0v) is 22.0. The quantitative estimate of drug-likeness (QED) is 0.201. The average molecular weight is 528 g/mol. The van der Waals surface area contributed by atoms with Crippen molar-refractivity contribution in [2.24, 2.45) is 0 Å². The van der Waals surface area contributed by atoms with Crippen molar-refractivity contribution in [3.05, 3.63) is 94.3 Å². The number of aryl methyl sites for hydroxylation is 1. The van der Waals surface area contributed by atoms with Crippen molar-refractivity contribution in [2.75, 3.05) is 4.90 Å². The molecule has 192 valence electrons. The van der Waals surface area contributed by atoms with Gasteiger partial charge in [0.05, 0.1) is 27.4 Å². The first-order chi connectivity index (χ1) is 18.0. The zero-order chi connectivity index (χ0) is 27.4. The second-order valence-corrected chi connectivity index (χ2v) is 11.2. The minimum Gasteiger partial charge on any atom is -0.507 e. The van der Waals surface area contributed by atoms with Gasteiger partial charge in [-0.1, -0.05) is 50.3 Å². The Labute approximate surface area is 222 Å². The number of carbonyl (C=O) groups excluding carboxylic acids is 2. The Morgan fingerprint density at radius 1 is 1.05 bits per heavy atom. The van der Waals surface area contributed by atoms with Crippen LogP contribution >= 0.6 is 11.3 Å². The normalized spacial score (nSPS) is 17.4. The molecule has 2 N–H and O–H groups in total. The SMILES string of the molecule is Cc1ccc(C(C)(C)C)cc1/C(O)=C1\C(=O)C(=O)N(c2nc3ccc(C(=O)O)cc3s2)C1c1cccnc1. The molecule has 1 aliphatic heterocycles. The van der Waals surface area contributed by atoms with E-state index in [1.165, 1.54) is 17.0 Å². The number of Topliss-reactive ketones (excluding diaryl/α,β-unsaturated/α-hetero) is 1. The lowest BCUT2D eigenvalue weighted by Crippen LogP contribution is -2.29. The summed E-state index contributed by atoms with van der Waals surface area (Å²) in [4.78, 5) is 48.4. The number of amides is 1. The number of aliphatic hydroxyl groups is 1. The molecule has 0 aliphatic carbocycles. The summed E-state index contributed by atoms with van der Waals surface area (Å²) < 4.78 is 0.556. The van der Waals surface area contributed by atoms with Crippen LogP contribution in [0.25, 0.3) is 16.0 Å². The summed E-state index contributed by atoms with van der Waals surface area (Å²) in [5, 5.41) is 21.2. The molecule has 38 heavy (non-hydrogen) atoms. The van der Waals surface area contributed by atoms with Crippen molar-refractivity contribution in [3.8, 4) is 0 Å². The van der Waals surface area contributed by atoms with E-state index in [1.807, 2.05) is 25.1 Å². The van der Waals surface area contributed by atoms with E-state index in [2.05, 4.69) is 30.7 Å². The summed E-state index contributed by atoms with van der Waals surface area (Å²) in [5.74, 6) is -3.01. The molecule has 2 aromatic carbocycles. The third-order valence-corrected chi connectivity index (χ3v) is 7.65. The number of aliphatic hydroxyl groups excluding tert-OH is 1. The van der Waals surface area contributed by atoms with Gasteiger partial charge in [0, 0.05) is 18.0 Å². The molecule has 4 aromatic rings. The van der Waals surface area contributed by atoms with Crippen LogP contribution in [0.3, 0.4) is 0 Å². The number of pyridine rings is 1. The maximum absolute atomic E-state index is 13.5. The zero-order valence-electron chi connectivity index (χ0n) is 21.2. The lowest BCUT2D eigenvalue weighted by atomic mass is 9.84. The minimum absolute atomic E-state index is 0.0531. The molecule has 3 heterocycles. The standard InChI is InChI=1S/C29H25N3O5S/c1-15-7-9-18(29(2,3)4)13-19(15)24(33)22-23(17-6-5-11-30-14-17)32(26(35)25(22)34)28-31-20-10-8-16(27(36)37)12-21(20)38-28/h5-14,23,33H,1-4H3,(H,36,37)/b24-22+. The fourth-order valence-electron chi connectivity index (χ4n) is 4.52. The van der Waals surface area contributed by atoms with Gasteiger partial charge in [0.2, 0.25) is 0 Å². The van der Waals surface area contributed by atoms with E-state index in [1.54, 1.807) is 30.6 Å². The first-order valence-corrected chi connectivity index (χ1v) is 12.8. The van der Waals surface area contributed by atoms with Crippen LogP contribution in [0.2, 0.25) is 0 Å². The lowest BCUT2D eigenvalue weighted by Gasteiger charge is -2.23. The number of carbonyl (C=O) groups is 3. The van der Waals surface area contributed by atoms with Crippen molar-refractivity contribution in [3.63, 3.8) is 0 Å². The molecule has 5 rings (SSSR count). The topological polar surface area (TPSA) is 121 Å². The van der Waals surface area contributed by atoms with E-state index < -0.39 is 23.7 Å². The van der Waals surface area contributed by atoms with E-state index in [9.17, 15) is 24.6 Å². The highest BCUT2D eigenvalue weighted by Gasteiger charge is 2.48. The second-order valence-electron chi connectivity index (χ2n) is 10.2. The van der Waals surface area contributed by atoms with Crippen molar-refractivity contribution < 1.29 is 24.6 Å². The van der Waals surface area contributed by atoms with Crippen LogP contribution in [0.4, 0.5) is 5.13 Å². The highest BCUT2D eigenvalue weighted by Crippen LogP contribution is 2.44. The van der Waals surface area contributed by atoms with E-state index in [0.717, 1.165) is 22.5 Å². The van der Waals surface area contributed by atoms with E-state index in [0.29, 0.717) is 21.3 Å². The molecule has 8 nitrogen and oxygen atoms in total. The molecule has 1 aliphatic rings. The monoisotopic (exact) mass is 527 g/mol. The molecule has 1 atom stereocenters. The van der Waals surface area contributed by atoms with Crippen molar-refractivity contribution in [1.29, 1.82) is 0 Å². The van der Waals surface area contributed by atoms with Crippen molar-refractivity contribution >= 4 is 50.1 Å². The maximum atomic E-state index is 13.5. The number of thiazole rings is 1. The van der Waals surface area contributed by atoms with E-state index in [4.69, 9.17) is 0 Å². The summed E-state index contributed by atoms with van der Waals surface area (Å²) in [5.41, 5.74) is 3.06. The van der Waals surface area contributed by atoms with Crippen LogP contribution in [0, 0.1) is 6.92 Å². The Kier molecular flexibility index (Phi) is 6.11. The number of benzene rings is 2. The highest BCUT2D eigenvalue weighted by molar-refractivity contribution is 7.22. The Hall–Kier alpha value is -4.37. The number of rotatable bonds is 4. The summed E-state index contributed by atoms with van der Waals surface area (Å²) in [6, 6.07) is 12.7. The molecule has 2 aromatic heterocycles. The van der Waals surface area contributed by atoms with Crippen molar-refractivity contribution in [1.82, 2.24) is 9.97 Å². The lowest BCUT2D eigenvalue weighted by molar-refractivity contribution is -0.132. The summed E-state index contributed by atoms with van der Waals surface area (Å²) in [6.45, 7) is 8.00.